The lowest BCUT2D eigenvalue weighted by Crippen LogP contribution is -2.29. The largest absolute Gasteiger partial charge is 0.488 e. The standard InChI is InChI=1S/C27H29FN6O2/c1-16(2)25(17(3)4)36-24-14-13-18(19-9-5-6-10-20(19)26-31-33-34-32-26)15-23(24)30-27(35)29-22-12-8-7-11-21(22)28/h5-17,25H,1-4H3,(H2,29,30,35)(H,31,32,33,34). The highest BCUT2D eigenvalue weighted by Crippen LogP contribution is 2.36. The van der Waals surface area contributed by atoms with E-state index in [1.807, 2.05) is 42.5 Å². The molecule has 0 unspecified atom stereocenters. The Hall–Kier alpha value is -4.27. The SMILES string of the molecule is CC(C)C(Oc1ccc(-c2ccccc2-c2nn[nH]n2)cc1NC(=O)Nc1ccccc1F)C(C)C. The fourth-order valence-corrected chi connectivity index (χ4v) is 4.13. The van der Waals surface area contributed by atoms with E-state index in [4.69, 9.17) is 4.74 Å². The van der Waals surface area contributed by atoms with Gasteiger partial charge in [0, 0.05) is 5.56 Å². The van der Waals surface area contributed by atoms with E-state index in [0.29, 0.717) is 17.3 Å². The van der Waals surface area contributed by atoms with E-state index >= 15 is 0 Å². The summed E-state index contributed by atoms with van der Waals surface area (Å²) in [7, 11) is 0. The molecule has 0 atom stereocenters. The minimum Gasteiger partial charge on any atom is -0.488 e. The van der Waals surface area contributed by atoms with E-state index in [1.165, 1.54) is 12.1 Å². The molecule has 0 spiro atoms. The van der Waals surface area contributed by atoms with Crippen molar-refractivity contribution in [1.82, 2.24) is 20.6 Å². The van der Waals surface area contributed by atoms with E-state index in [2.05, 4.69) is 59.0 Å². The van der Waals surface area contributed by atoms with Gasteiger partial charge in [0.05, 0.1) is 11.4 Å². The summed E-state index contributed by atoms with van der Waals surface area (Å²) in [6, 6.07) is 18.6. The summed E-state index contributed by atoms with van der Waals surface area (Å²) in [4.78, 5) is 12.9. The number of hydrogen-bond donors (Lipinski definition) is 3. The molecule has 4 aromatic rings. The van der Waals surface area contributed by atoms with Gasteiger partial charge in [0.15, 0.2) is 0 Å². The van der Waals surface area contributed by atoms with Gasteiger partial charge >= 0.3 is 6.03 Å². The second-order valence-corrected chi connectivity index (χ2v) is 9.12. The van der Waals surface area contributed by atoms with Gasteiger partial charge in [0.25, 0.3) is 0 Å². The van der Waals surface area contributed by atoms with Crippen LogP contribution in [0.1, 0.15) is 27.7 Å². The Morgan fingerprint density at radius 3 is 2.22 bits per heavy atom. The Bertz CT molecular complexity index is 1320. The molecule has 1 aromatic heterocycles. The summed E-state index contributed by atoms with van der Waals surface area (Å²) in [5, 5.41) is 19.8. The van der Waals surface area contributed by atoms with Crippen LogP contribution >= 0.6 is 0 Å². The lowest BCUT2D eigenvalue weighted by molar-refractivity contribution is 0.106. The molecule has 0 bridgehead atoms. The molecule has 3 N–H and O–H groups in total. The van der Waals surface area contributed by atoms with Crippen LogP contribution in [0.25, 0.3) is 22.5 Å². The highest BCUT2D eigenvalue weighted by Gasteiger charge is 2.22. The maximum absolute atomic E-state index is 14.1. The van der Waals surface area contributed by atoms with Crippen molar-refractivity contribution >= 4 is 17.4 Å². The van der Waals surface area contributed by atoms with E-state index in [-0.39, 0.29) is 23.6 Å². The number of carbonyl (C=O) groups is 1. The quantitative estimate of drug-likeness (QED) is 0.267. The van der Waals surface area contributed by atoms with Crippen molar-refractivity contribution in [3.05, 3.63) is 72.5 Å². The number of para-hydroxylation sites is 1. The van der Waals surface area contributed by atoms with Gasteiger partial charge in [-0.1, -0.05) is 70.2 Å². The van der Waals surface area contributed by atoms with Crippen LogP contribution in [-0.4, -0.2) is 32.8 Å². The molecule has 2 amide bonds. The van der Waals surface area contributed by atoms with Crippen molar-refractivity contribution in [2.45, 2.75) is 33.8 Å². The zero-order valence-electron chi connectivity index (χ0n) is 20.6. The van der Waals surface area contributed by atoms with Crippen molar-refractivity contribution in [2.75, 3.05) is 10.6 Å². The van der Waals surface area contributed by atoms with Crippen LogP contribution in [0, 0.1) is 17.7 Å². The third-order valence-electron chi connectivity index (χ3n) is 5.75. The van der Waals surface area contributed by atoms with E-state index in [0.717, 1.165) is 16.7 Å². The number of hydrogen-bond acceptors (Lipinski definition) is 5. The molecule has 8 nitrogen and oxygen atoms in total. The lowest BCUT2D eigenvalue weighted by atomic mass is 9.96. The summed E-state index contributed by atoms with van der Waals surface area (Å²) in [6.45, 7) is 8.38. The van der Waals surface area contributed by atoms with Crippen LogP contribution in [0.4, 0.5) is 20.6 Å². The smallest absolute Gasteiger partial charge is 0.323 e. The molecule has 36 heavy (non-hydrogen) atoms. The maximum Gasteiger partial charge on any atom is 0.323 e. The van der Waals surface area contributed by atoms with Gasteiger partial charge in [-0.15, -0.1) is 10.2 Å². The van der Waals surface area contributed by atoms with E-state index in [9.17, 15) is 9.18 Å². The van der Waals surface area contributed by atoms with Gasteiger partial charge in [0.1, 0.15) is 17.7 Å². The van der Waals surface area contributed by atoms with Crippen LogP contribution in [-0.2, 0) is 0 Å². The van der Waals surface area contributed by atoms with Crippen molar-refractivity contribution in [3.8, 4) is 28.3 Å². The van der Waals surface area contributed by atoms with Crippen molar-refractivity contribution in [2.24, 2.45) is 11.8 Å². The van der Waals surface area contributed by atoms with Crippen molar-refractivity contribution in [1.29, 1.82) is 0 Å². The number of nitrogens with zero attached hydrogens (tertiary/aromatic N) is 3. The Balaban J connectivity index is 1.72. The number of halogens is 1. The maximum atomic E-state index is 14.1. The molecule has 0 fully saturated rings. The first kappa shape index (κ1) is 24.8. The second kappa shape index (κ2) is 11.0. The Labute approximate surface area is 209 Å². The number of aromatic nitrogens is 4. The summed E-state index contributed by atoms with van der Waals surface area (Å²) in [5.41, 5.74) is 2.99. The molecule has 1 heterocycles. The zero-order valence-corrected chi connectivity index (χ0v) is 20.6. The van der Waals surface area contributed by atoms with Crippen LogP contribution in [0.5, 0.6) is 5.75 Å². The predicted molar refractivity (Wildman–Crippen MR) is 138 cm³/mol. The fourth-order valence-electron chi connectivity index (χ4n) is 4.13. The average Bonchev–Trinajstić information content (AvgIpc) is 3.39. The number of ether oxygens (including phenoxy) is 1. The molecule has 0 aliphatic rings. The molecule has 0 aliphatic carbocycles. The summed E-state index contributed by atoms with van der Waals surface area (Å²) in [6.07, 6.45) is -0.0716. The molecular formula is C27H29FN6O2. The molecule has 0 radical (unpaired) electrons. The minimum atomic E-state index is -0.584. The first-order chi connectivity index (χ1) is 17.3. The number of tetrazole rings is 1. The van der Waals surface area contributed by atoms with Gasteiger partial charge in [-0.05, 0) is 52.4 Å². The molecule has 186 valence electrons. The number of H-pyrrole nitrogens is 1. The van der Waals surface area contributed by atoms with Gasteiger partial charge in [-0.3, -0.25) is 0 Å². The number of rotatable bonds is 8. The van der Waals surface area contributed by atoms with Crippen LogP contribution in [0.3, 0.4) is 0 Å². The highest BCUT2D eigenvalue weighted by atomic mass is 19.1. The number of amides is 2. The second-order valence-electron chi connectivity index (χ2n) is 9.12. The number of carbonyl (C=O) groups excluding carboxylic acids is 1. The number of nitrogens with one attached hydrogen (secondary N) is 3. The third-order valence-corrected chi connectivity index (χ3v) is 5.75. The zero-order chi connectivity index (χ0) is 25.7. The summed E-state index contributed by atoms with van der Waals surface area (Å²) < 4.78 is 20.5. The van der Waals surface area contributed by atoms with Crippen LogP contribution < -0.4 is 15.4 Å². The predicted octanol–water partition coefficient (Wildman–Crippen LogP) is 6.38. The average molecular weight is 489 g/mol. The normalized spacial score (nSPS) is 11.2. The Morgan fingerprint density at radius 2 is 1.56 bits per heavy atom. The molecule has 0 saturated carbocycles. The molecule has 4 rings (SSSR count). The van der Waals surface area contributed by atoms with Gasteiger partial charge in [0.2, 0.25) is 5.82 Å². The first-order valence-corrected chi connectivity index (χ1v) is 11.8. The van der Waals surface area contributed by atoms with Crippen LogP contribution in [0.2, 0.25) is 0 Å². The minimum absolute atomic E-state index is 0.0716. The highest BCUT2D eigenvalue weighted by molar-refractivity contribution is 6.01. The van der Waals surface area contributed by atoms with E-state index < -0.39 is 11.8 Å². The number of aromatic amines is 1. The van der Waals surface area contributed by atoms with Gasteiger partial charge in [-0.2, -0.15) is 5.21 Å². The molecule has 3 aromatic carbocycles. The molecule has 0 aliphatic heterocycles. The first-order valence-electron chi connectivity index (χ1n) is 11.8. The number of benzene rings is 3. The van der Waals surface area contributed by atoms with E-state index in [1.54, 1.807) is 12.1 Å². The Morgan fingerprint density at radius 1 is 0.889 bits per heavy atom. The monoisotopic (exact) mass is 488 g/mol. The van der Waals surface area contributed by atoms with Gasteiger partial charge in [-0.25, -0.2) is 9.18 Å². The van der Waals surface area contributed by atoms with Crippen molar-refractivity contribution < 1.29 is 13.9 Å². The molecular weight excluding hydrogens is 459 g/mol. The van der Waals surface area contributed by atoms with Crippen LogP contribution in [0.15, 0.2) is 66.7 Å². The molecule has 0 saturated heterocycles. The summed E-state index contributed by atoms with van der Waals surface area (Å²) in [5.74, 6) is 0.961. The van der Waals surface area contributed by atoms with Crippen molar-refractivity contribution in [3.63, 3.8) is 0 Å². The Kier molecular flexibility index (Phi) is 7.58. The topological polar surface area (TPSA) is 105 Å². The number of anilines is 2. The summed E-state index contributed by atoms with van der Waals surface area (Å²) >= 11 is 0. The van der Waals surface area contributed by atoms with Gasteiger partial charge < -0.3 is 15.4 Å². The fraction of sp³-hybridized carbons (Fsp3) is 0.259. The number of urea groups is 1. The lowest BCUT2D eigenvalue weighted by Gasteiger charge is -2.27. The molecule has 9 heteroatoms. The third kappa shape index (κ3) is 5.68.